The molecule has 0 aliphatic carbocycles. The van der Waals surface area contributed by atoms with Crippen molar-refractivity contribution < 1.29 is 9.53 Å². The first-order valence-corrected chi connectivity index (χ1v) is 6.25. The minimum absolute atomic E-state index is 0.105. The van der Waals surface area contributed by atoms with Crippen molar-refractivity contribution in [2.45, 2.75) is 45.3 Å². The van der Waals surface area contributed by atoms with Crippen LogP contribution in [0.1, 0.15) is 33.6 Å². The number of amides is 1. The van der Waals surface area contributed by atoms with Gasteiger partial charge < -0.3 is 20.3 Å². The number of carbonyl (C=O) groups excluding carboxylic acids is 1. The number of rotatable bonds is 1. The van der Waals surface area contributed by atoms with Crippen LogP contribution in [0.4, 0.5) is 4.79 Å². The van der Waals surface area contributed by atoms with Crippen LogP contribution in [0.2, 0.25) is 0 Å². The molecule has 0 aromatic carbocycles. The molecule has 1 fully saturated rings. The smallest absolute Gasteiger partial charge is 0.410 e. The molecular weight excluding hydrogens is 232 g/mol. The first kappa shape index (κ1) is 14.6. The molecule has 1 amide bonds. The van der Waals surface area contributed by atoms with E-state index in [-0.39, 0.29) is 18.1 Å². The van der Waals surface area contributed by atoms with Crippen LogP contribution >= 0.6 is 0 Å². The van der Waals surface area contributed by atoms with Crippen molar-refractivity contribution in [1.82, 2.24) is 9.80 Å². The molecular formula is C12H24N4O2. The largest absolute Gasteiger partial charge is 0.444 e. The Balaban J connectivity index is 2.47. The number of nitrogens with two attached hydrogens (primary N) is 1. The number of carbonyl (C=O) groups is 1. The summed E-state index contributed by atoms with van der Waals surface area (Å²) in [5.74, 6) is 0.105. The zero-order valence-corrected chi connectivity index (χ0v) is 11.7. The van der Waals surface area contributed by atoms with E-state index in [4.69, 9.17) is 15.9 Å². The summed E-state index contributed by atoms with van der Waals surface area (Å²) in [6.45, 7) is 7.01. The van der Waals surface area contributed by atoms with Gasteiger partial charge in [0.15, 0.2) is 5.96 Å². The molecule has 6 nitrogen and oxygen atoms in total. The van der Waals surface area contributed by atoms with Gasteiger partial charge in [0.1, 0.15) is 5.60 Å². The fourth-order valence-corrected chi connectivity index (χ4v) is 1.98. The summed E-state index contributed by atoms with van der Waals surface area (Å²) in [5, 5.41) is 7.36. The lowest BCUT2D eigenvalue weighted by molar-refractivity contribution is 0.0174. The van der Waals surface area contributed by atoms with Crippen LogP contribution in [0, 0.1) is 5.41 Å². The lowest BCUT2D eigenvalue weighted by Crippen LogP contribution is -2.49. The molecule has 104 valence electrons. The van der Waals surface area contributed by atoms with E-state index in [1.807, 2.05) is 25.7 Å². The molecule has 0 saturated carbocycles. The maximum atomic E-state index is 11.9. The second-order valence-corrected chi connectivity index (χ2v) is 5.69. The zero-order chi connectivity index (χ0) is 13.9. The molecule has 0 aromatic heterocycles. The first-order chi connectivity index (χ1) is 8.20. The van der Waals surface area contributed by atoms with Crippen molar-refractivity contribution in [1.29, 1.82) is 5.41 Å². The van der Waals surface area contributed by atoms with E-state index in [1.54, 1.807) is 11.9 Å². The Bertz CT molecular complexity index is 317. The van der Waals surface area contributed by atoms with Crippen molar-refractivity contribution in [2.75, 3.05) is 20.1 Å². The van der Waals surface area contributed by atoms with Gasteiger partial charge in [-0.05, 0) is 33.6 Å². The molecule has 1 rings (SSSR count). The van der Waals surface area contributed by atoms with Crippen LogP contribution in [0.15, 0.2) is 0 Å². The van der Waals surface area contributed by atoms with Gasteiger partial charge in [-0.3, -0.25) is 5.41 Å². The van der Waals surface area contributed by atoms with Crippen LogP contribution in [0.5, 0.6) is 0 Å². The number of nitrogens with zero attached hydrogens (tertiary/aromatic N) is 2. The standard InChI is InChI=1S/C12H24N4O2/c1-12(2,3)18-11(17)15(4)9-5-7-16(8-6-9)10(13)14/h9H,5-8H2,1-4H3,(H3,13,14). The van der Waals surface area contributed by atoms with E-state index in [2.05, 4.69) is 0 Å². The van der Waals surface area contributed by atoms with Gasteiger partial charge in [-0.1, -0.05) is 0 Å². The normalized spacial score (nSPS) is 17.4. The van der Waals surface area contributed by atoms with E-state index in [9.17, 15) is 4.79 Å². The number of piperidine rings is 1. The molecule has 1 aliphatic heterocycles. The molecule has 6 heteroatoms. The molecule has 1 heterocycles. The molecule has 0 bridgehead atoms. The Morgan fingerprint density at radius 1 is 1.39 bits per heavy atom. The van der Waals surface area contributed by atoms with Gasteiger partial charge in [0.2, 0.25) is 0 Å². The van der Waals surface area contributed by atoms with Crippen LogP contribution < -0.4 is 5.73 Å². The van der Waals surface area contributed by atoms with Crippen molar-refractivity contribution >= 4 is 12.1 Å². The second kappa shape index (κ2) is 5.46. The Labute approximate surface area is 109 Å². The van der Waals surface area contributed by atoms with Gasteiger partial charge in [-0.25, -0.2) is 4.79 Å². The fraction of sp³-hybridized carbons (Fsp3) is 0.833. The predicted octanol–water partition coefficient (Wildman–Crippen LogP) is 1.21. The third-order valence-electron chi connectivity index (χ3n) is 3.03. The van der Waals surface area contributed by atoms with Gasteiger partial charge >= 0.3 is 6.09 Å². The molecule has 3 N–H and O–H groups in total. The summed E-state index contributed by atoms with van der Waals surface area (Å²) >= 11 is 0. The van der Waals surface area contributed by atoms with E-state index >= 15 is 0 Å². The second-order valence-electron chi connectivity index (χ2n) is 5.69. The highest BCUT2D eigenvalue weighted by Crippen LogP contribution is 2.17. The number of likely N-dealkylation sites (tertiary alicyclic amines) is 1. The van der Waals surface area contributed by atoms with Crippen molar-refractivity contribution in [3.8, 4) is 0 Å². The minimum Gasteiger partial charge on any atom is -0.444 e. The lowest BCUT2D eigenvalue weighted by Gasteiger charge is -2.37. The molecule has 0 aromatic rings. The molecule has 0 radical (unpaired) electrons. The van der Waals surface area contributed by atoms with Crippen LogP contribution in [0.25, 0.3) is 0 Å². The number of hydrogen-bond acceptors (Lipinski definition) is 3. The Morgan fingerprint density at radius 3 is 2.28 bits per heavy atom. The van der Waals surface area contributed by atoms with Gasteiger partial charge in [0, 0.05) is 26.2 Å². The van der Waals surface area contributed by atoms with Crippen LogP contribution in [0.3, 0.4) is 0 Å². The summed E-state index contributed by atoms with van der Waals surface area (Å²) in [6, 6.07) is 0.162. The summed E-state index contributed by atoms with van der Waals surface area (Å²) in [4.78, 5) is 15.4. The molecule has 0 unspecified atom stereocenters. The molecule has 0 spiro atoms. The number of ether oxygens (including phenoxy) is 1. The van der Waals surface area contributed by atoms with E-state index in [0.717, 1.165) is 12.8 Å². The lowest BCUT2D eigenvalue weighted by atomic mass is 10.0. The fourth-order valence-electron chi connectivity index (χ4n) is 1.98. The molecule has 1 aliphatic rings. The first-order valence-electron chi connectivity index (χ1n) is 6.25. The third kappa shape index (κ3) is 4.09. The maximum Gasteiger partial charge on any atom is 0.410 e. The topological polar surface area (TPSA) is 82.7 Å². The summed E-state index contributed by atoms with van der Waals surface area (Å²) < 4.78 is 5.33. The predicted molar refractivity (Wildman–Crippen MR) is 70.5 cm³/mol. The Hall–Kier alpha value is -1.46. The molecule has 1 saturated heterocycles. The maximum absolute atomic E-state index is 11.9. The van der Waals surface area contributed by atoms with Gasteiger partial charge in [-0.2, -0.15) is 0 Å². The van der Waals surface area contributed by atoms with Crippen LogP contribution in [-0.2, 0) is 4.74 Å². The zero-order valence-electron chi connectivity index (χ0n) is 11.7. The monoisotopic (exact) mass is 256 g/mol. The minimum atomic E-state index is -0.467. The van der Waals surface area contributed by atoms with Crippen molar-refractivity contribution in [3.63, 3.8) is 0 Å². The number of hydrogen-bond donors (Lipinski definition) is 2. The SMILES string of the molecule is CN(C(=O)OC(C)(C)C)C1CCN(C(=N)N)CC1. The molecule has 0 atom stereocenters. The van der Waals surface area contributed by atoms with E-state index < -0.39 is 5.60 Å². The number of nitrogens with one attached hydrogen (secondary N) is 1. The highest BCUT2D eigenvalue weighted by Gasteiger charge is 2.28. The summed E-state index contributed by atoms with van der Waals surface area (Å²) in [6.07, 6.45) is 1.34. The Morgan fingerprint density at radius 2 is 1.89 bits per heavy atom. The molecule has 18 heavy (non-hydrogen) atoms. The number of guanidine groups is 1. The average Bonchev–Trinajstić information content (AvgIpc) is 2.26. The third-order valence-corrected chi connectivity index (χ3v) is 3.03. The van der Waals surface area contributed by atoms with E-state index in [0.29, 0.717) is 13.1 Å². The van der Waals surface area contributed by atoms with Crippen molar-refractivity contribution in [2.24, 2.45) is 5.73 Å². The van der Waals surface area contributed by atoms with Gasteiger partial charge in [0.05, 0.1) is 0 Å². The summed E-state index contributed by atoms with van der Waals surface area (Å²) in [5.41, 5.74) is 4.97. The highest BCUT2D eigenvalue weighted by atomic mass is 16.6. The highest BCUT2D eigenvalue weighted by molar-refractivity contribution is 5.74. The Kier molecular flexibility index (Phi) is 4.43. The van der Waals surface area contributed by atoms with Gasteiger partial charge in [0.25, 0.3) is 0 Å². The van der Waals surface area contributed by atoms with E-state index in [1.165, 1.54) is 0 Å². The summed E-state index contributed by atoms with van der Waals surface area (Å²) in [7, 11) is 1.77. The van der Waals surface area contributed by atoms with Gasteiger partial charge in [-0.15, -0.1) is 0 Å². The van der Waals surface area contributed by atoms with Crippen LogP contribution in [-0.4, -0.2) is 53.6 Å². The van der Waals surface area contributed by atoms with Crippen molar-refractivity contribution in [3.05, 3.63) is 0 Å². The quantitative estimate of drug-likeness (QED) is 0.545. The average molecular weight is 256 g/mol.